The molecule has 21 heavy (non-hydrogen) atoms. The maximum atomic E-state index is 5.99. The molecule has 0 radical (unpaired) electrons. The Bertz CT molecular complexity index is 542. The fraction of sp³-hybridized carbons (Fsp3) is 0.562. The standard InChI is InChI=1S/C16H23N3O2/c1-2-19(14-7-5-12(17)6-8-14)11-13-10-16(21-18-13)15-4-3-9-20-15/h3-4,9-10,12,14H,2,5-8,11,17H2,1H3. The number of nitrogens with two attached hydrogens (primary N) is 1. The first-order valence-electron chi connectivity index (χ1n) is 7.75. The van der Waals surface area contributed by atoms with Gasteiger partial charge in [0.2, 0.25) is 5.76 Å². The third kappa shape index (κ3) is 3.36. The van der Waals surface area contributed by atoms with Gasteiger partial charge in [0.15, 0.2) is 5.76 Å². The smallest absolute Gasteiger partial charge is 0.202 e. The highest BCUT2D eigenvalue weighted by Gasteiger charge is 2.24. The van der Waals surface area contributed by atoms with Crippen molar-refractivity contribution in [2.75, 3.05) is 6.54 Å². The van der Waals surface area contributed by atoms with Crippen LogP contribution in [0.3, 0.4) is 0 Å². The molecule has 1 aliphatic carbocycles. The minimum Gasteiger partial charge on any atom is -0.461 e. The summed E-state index contributed by atoms with van der Waals surface area (Å²) in [6, 6.07) is 6.69. The zero-order valence-corrected chi connectivity index (χ0v) is 12.5. The van der Waals surface area contributed by atoms with Gasteiger partial charge in [-0.3, -0.25) is 4.90 Å². The van der Waals surface area contributed by atoms with E-state index in [0.29, 0.717) is 17.8 Å². The molecule has 0 aliphatic heterocycles. The lowest BCUT2D eigenvalue weighted by Gasteiger charge is -2.34. The van der Waals surface area contributed by atoms with Gasteiger partial charge in [0.1, 0.15) is 0 Å². The zero-order chi connectivity index (χ0) is 14.7. The Labute approximate surface area is 125 Å². The maximum Gasteiger partial charge on any atom is 0.202 e. The van der Waals surface area contributed by atoms with E-state index in [2.05, 4.69) is 17.0 Å². The summed E-state index contributed by atoms with van der Waals surface area (Å²) >= 11 is 0. The van der Waals surface area contributed by atoms with Crippen LogP contribution in [0.5, 0.6) is 0 Å². The van der Waals surface area contributed by atoms with Crippen LogP contribution in [0.4, 0.5) is 0 Å². The largest absolute Gasteiger partial charge is 0.461 e. The van der Waals surface area contributed by atoms with Crippen LogP contribution in [0.2, 0.25) is 0 Å². The van der Waals surface area contributed by atoms with Gasteiger partial charge in [0.25, 0.3) is 0 Å². The summed E-state index contributed by atoms with van der Waals surface area (Å²) in [6.45, 7) is 4.03. The molecule has 0 saturated heterocycles. The minimum atomic E-state index is 0.387. The molecule has 0 atom stereocenters. The maximum absolute atomic E-state index is 5.99. The lowest BCUT2D eigenvalue weighted by molar-refractivity contribution is 0.146. The molecule has 0 aromatic carbocycles. The van der Waals surface area contributed by atoms with Crippen molar-refractivity contribution in [3.63, 3.8) is 0 Å². The highest BCUT2D eigenvalue weighted by Crippen LogP contribution is 2.25. The van der Waals surface area contributed by atoms with Gasteiger partial charge in [-0.05, 0) is 44.4 Å². The zero-order valence-electron chi connectivity index (χ0n) is 12.5. The Morgan fingerprint density at radius 3 is 2.76 bits per heavy atom. The third-order valence-electron chi connectivity index (χ3n) is 4.35. The van der Waals surface area contributed by atoms with Crippen LogP contribution in [0.25, 0.3) is 11.5 Å². The molecule has 3 rings (SSSR count). The van der Waals surface area contributed by atoms with Gasteiger partial charge in [-0.25, -0.2) is 0 Å². The van der Waals surface area contributed by atoms with Crippen LogP contribution in [0.15, 0.2) is 33.4 Å². The normalized spacial score (nSPS) is 22.8. The fourth-order valence-electron chi connectivity index (χ4n) is 3.10. The second-order valence-electron chi connectivity index (χ2n) is 5.79. The third-order valence-corrected chi connectivity index (χ3v) is 4.35. The highest BCUT2D eigenvalue weighted by molar-refractivity contribution is 5.49. The SMILES string of the molecule is CCN(Cc1cc(-c2ccco2)on1)C1CCC(N)CC1. The van der Waals surface area contributed by atoms with Gasteiger partial charge in [0, 0.05) is 24.7 Å². The average molecular weight is 289 g/mol. The molecule has 5 heteroatoms. The molecular weight excluding hydrogens is 266 g/mol. The second kappa shape index (κ2) is 6.45. The van der Waals surface area contributed by atoms with Crippen LogP contribution in [0, 0.1) is 0 Å². The van der Waals surface area contributed by atoms with E-state index < -0.39 is 0 Å². The lowest BCUT2D eigenvalue weighted by Crippen LogP contribution is -2.40. The number of nitrogens with zero attached hydrogens (tertiary/aromatic N) is 2. The fourth-order valence-corrected chi connectivity index (χ4v) is 3.10. The minimum absolute atomic E-state index is 0.387. The molecule has 2 aromatic rings. The topological polar surface area (TPSA) is 68.4 Å². The van der Waals surface area contributed by atoms with Crippen molar-refractivity contribution >= 4 is 0 Å². The van der Waals surface area contributed by atoms with Crippen molar-refractivity contribution < 1.29 is 8.94 Å². The summed E-state index contributed by atoms with van der Waals surface area (Å²) in [5.41, 5.74) is 6.95. The molecule has 2 aromatic heterocycles. The van der Waals surface area contributed by atoms with Crippen LogP contribution >= 0.6 is 0 Å². The van der Waals surface area contributed by atoms with E-state index in [-0.39, 0.29) is 0 Å². The summed E-state index contributed by atoms with van der Waals surface area (Å²) in [6.07, 6.45) is 6.24. The van der Waals surface area contributed by atoms with Gasteiger partial charge >= 0.3 is 0 Å². The van der Waals surface area contributed by atoms with Crippen LogP contribution in [-0.4, -0.2) is 28.7 Å². The summed E-state index contributed by atoms with van der Waals surface area (Å²) in [5, 5.41) is 4.17. The molecule has 2 N–H and O–H groups in total. The molecule has 0 bridgehead atoms. The Kier molecular flexibility index (Phi) is 4.41. The van der Waals surface area contributed by atoms with Crippen molar-refractivity contribution in [3.05, 3.63) is 30.2 Å². The molecule has 1 aliphatic rings. The summed E-state index contributed by atoms with van der Waals surface area (Å²) < 4.78 is 10.7. The molecule has 1 saturated carbocycles. The first-order valence-corrected chi connectivity index (χ1v) is 7.75. The van der Waals surface area contributed by atoms with E-state index in [1.807, 2.05) is 18.2 Å². The first-order chi connectivity index (χ1) is 10.3. The van der Waals surface area contributed by atoms with E-state index in [1.54, 1.807) is 6.26 Å². The van der Waals surface area contributed by atoms with Gasteiger partial charge in [0.05, 0.1) is 12.0 Å². The number of furan rings is 1. The van der Waals surface area contributed by atoms with Crippen LogP contribution < -0.4 is 5.73 Å². The van der Waals surface area contributed by atoms with E-state index >= 15 is 0 Å². The van der Waals surface area contributed by atoms with E-state index in [4.69, 9.17) is 14.7 Å². The molecule has 0 amide bonds. The molecule has 1 fully saturated rings. The van der Waals surface area contributed by atoms with Gasteiger partial charge in [-0.1, -0.05) is 12.1 Å². The lowest BCUT2D eigenvalue weighted by atomic mass is 9.90. The van der Waals surface area contributed by atoms with Gasteiger partial charge in [-0.15, -0.1) is 0 Å². The summed E-state index contributed by atoms with van der Waals surface area (Å²) in [4.78, 5) is 2.47. The predicted molar refractivity (Wildman–Crippen MR) is 80.5 cm³/mol. The van der Waals surface area contributed by atoms with E-state index in [9.17, 15) is 0 Å². The van der Waals surface area contributed by atoms with Crippen LogP contribution in [-0.2, 0) is 6.54 Å². The monoisotopic (exact) mass is 289 g/mol. The molecular formula is C16H23N3O2. The van der Waals surface area contributed by atoms with Crippen molar-refractivity contribution in [2.24, 2.45) is 5.73 Å². The molecule has 0 spiro atoms. The van der Waals surface area contributed by atoms with Gasteiger partial charge in [-0.2, -0.15) is 0 Å². The predicted octanol–water partition coefficient (Wildman–Crippen LogP) is 3.03. The Morgan fingerprint density at radius 1 is 1.29 bits per heavy atom. The van der Waals surface area contributed by atoms with E-state index in [1.165, 1.54) is 12.8 Å². The highest BCUT2D eigenvalue weighted by atomic mass is 16.5. The molecule has 5 nitrogen and oxygen atoms in total. The Morgan fingerprint density at radius 2 is 2.10 bits per heavy atom. The summed E-state index contributed by atoms with van der Waals surface area (Å²) in [5.74, 6) is 1.41. The Balaban J connectivity index is 1.64. The summed E-state index contributed by atoms with van der Waals surface area (Å²) in [7, 11) is 0. The number of aromatic nitrogens is 1. The molecule has 2 heterocycles. The second-order valence-corrected chi connectivity index (χ2v) is 5.79. The quantitative estimate of drug-likeness (QED) is 0.916. The van der Waals surface area contributed by atoms with Crippen LogP contribution in [0.1, 0.15) is 38.3 Å². The number of rotatable bonds is 5. The Hall–Kier alpha value is -1.59. The molecule has 114 valence electrons. The molecule has 0 unspecified atom stereocenters. The van der Waals surface area contributed by atoms with Crippen molar-refractivity contribution in [1.29, 1.82) is 0 Å². The number of hydrogen-bond acceptors (Lipinski definition) is 5. The van der Waals surface area contributed by atoms with Crippen molar-refractivity contribution in [2.45, 2.75) is 51.2 Å². The van der Waals surface area contributed by atoms with Crippen molar-refractivity contribution in [1.82, 2.24) is 10.1 Å². The average Bonchev–Trinajstić information content (AvgIpc) is 3.17. The van der Waals surface area contributed by atoms with E-state index in [0.717, 1.165) is 37.4 Å². The first kappa shape index (κ1) is 14.4. The number of hydrogen-bond donors (Lipinski definition) is 1. The van der Waals surface area contributed by atoms with Gasteiger partial charge < -0.3 is 14.7 Å². The van der Waals surface area contributed by atoms with Crippen molar-refractivity contribution in [3.8, 4) is 11.5 Å².